The summed E-state index contributed by atoms with van der Waals surface area (Å²) in [5.74, 6) is 0.494. The average molecular weight is 315 g/mol. The van der Waals surface area contributed by atoms with Crippen molar-refractivity contribution < 1.29 is 0 Å². The predicted molar refractivity (Wildman–Crippen MR) is 78.6 cm³/mol. The number of aromatic amines is 1. The van der Waals surface area contributed by atoms with Gasteiger partial charge in [0.05, 0.1) is 11.2 Å². The summed E-state index contributed by atoms with van der Waals surface area (Å²) in [7, 11) is 0. The Morgan fingerprint density at radius 2 is 2.30 bits per heavy atom. The molecule has 0 saturated heterocycles. The number of halogens is 1. The van der Waals surface area contributed by atoms with Crippen molar-refractivity contribution >= 4 is 29.3 Å². The number of hydrogen-bond donors (Lipinski definition) is 2. The van der Waals surface area contributed by atoms with Gasteiger partial charge in [0.1, 0.15) is 5.03 Å². The zero-order valence-corrected chi connectivity index (χ0v) is 12.9. The molecule has 2 heterocycles. The van der Waals surface area contributed by atoms with Gasteiger partial charge in [-0.3, -0.25) is 4.57 Å². The maximum atomic E-state index is 11.7. The van der Waals surface area contributed by atoms with Crippen LogP contribution in [-0.2, 0) is 0 Å². The molecule has 9 heteroatoms. The second-order valence-electron chi connectivity index (χ2n) is 4.25. The second kappa shape index (κ2) is 6.27. The first-order chi connectivity index (χ1) is 9.52. The molecule has 0 saturated carbocycles. The van der Waals surface area contributed by atoms with Gasteiger partial charge in [-0.1, -0.05) is 11.6 Å². The standard InChI is InChI=1S/C11H15ClN6OS/c1-4-13-9-14-5-7(12)8(15-9)20-11-17-16-10(19)18(11)6(2)3/h5-6H,4H2,1-3H3,(H,16,19)(H,13,14,15). The minimum absolute atomic E-state index is 0.00222. The molecule has 20 heavy (non-hydrogen) atoms. The Kier molecular flexibility index (Phi) is 4.66. The SMILES string of the molecule is CCNc1ncc(Cl)c(Sc2n[nH]c(=O)n2C(C)C)n1. The number of nitrogens with zero attached hydrogens (tertiary/aromatic N) is 4. The first kappa shape index (κ1) is 14.9. The highest BCUT2D eigenvalue weighted by molar-refractivity contribution is 7.99. The van der Waals surface area contributed by atoms with Crippen LogP contribution in [0, 0.1) is 0 Å². The van der Waals surface area contributed by atoms with Gasteiger partial charge in [-0.05, 0) is 32.5 Å². The third kappa shape index (κ3) is 3.13. The number of anilines is 1. The maximum absolute atomic E-state index is 11.7. The maximum Gasteiger partial charge on any atom is 0.344 e. The first-order valence-electron chi connectivity index (χ1n) is 6.14. The lowest BCUT2D eigenvalue weighted by Gasteiger charge is -2.09. The van der Waals surface area contributed by atoms with Crippen LogP contribution in [0.5, 0.6) is 0 Å². The van der Waals surface area contributed by atoms with Crippen molar-refractivity contribution in [3.05, 3.63) is 21.7 Å². The van der Waals surface area contributed by atoms with Crippen LogP contribution in [0.25, 0.3) is 0 Å². The lowest BCUT2D eigenvalue weighted by Crippen LogP contribution is -2.19. The molecular weight excluding hydrogens is 300 g/mol. The Labute approximate surface area is 125 Å². The molecule has 0 aliphatic carbocycles. The zero-order chi connectivity index (χ0) is 14.7. The van der Waals surface area contributed by atoms with Crippen LogP contribution in [-0.4, -0.2) is 31.3 Å². The fraction of sp³-hybridized carbons (Fsp3) is 0.455. The number of hydrogen-bond acceptors (Lipinski definition) is 6. The monoisotopic (exact) mass is 314 g/mol. The van der Waals surface area contributed by atoms with Crippen LogP contribution in [0.4, 0.5) is 5.95 Å². The van der Waals surface area contributed by atoms with E-state index >= 15 is 0 Å². The van der Waals surface area contributed by atoms with Gasteiger partial charge < -0.3 is 5.32 Å². The highest BCUT2D eigenvalue weighted by Crippen LogP contribution is 2.30. The van der Waals surface area contributed by atoms with E-state index in [-0.39, 0.29) is 11.7 Å². The van der Waals surface area contributed by atoms with Gasteiger partial charge in [-0.15, -0.1) is 5.10 Å². The summed E-state index contributed by atoms with van der Waals surface area (Å²) < 4.78 is 1.55. The van der Waals surface area contributed by atoms with Crippen molar-refractivity contribution in [1.82, 2.24) is 24.7 Å². The molecule has 0 spiro atoms. The van der Waals surface area contributed by atoms with E-state index in [0.717, 1.165) is 0 Å². The van der Waals surface area contributed by atoms with E-state index in [0.29, 0.717) is 27.7 Å². The number of H-pyrrole nitrogens is 1. The smallest absolute Gasteiger partial charge is 0.344 e. The van der Waals surface area contributed by atoms with Crippen LogP contribution >= 0.6 is 23.4 Å². The Hall–Kier alpha value is -1.54. The minimum atomic E-state index is -0.250. The van der Waals surface area contributed by atoms with E-state index in [1.54, 1.807) is 4.57 Å². The van der Waals surface area contributed by atoms with Gasteiger partial charge in [0.15, 0.2) is 5.16 Å². The highest BCUT2D eigenvalue weighted by atomic mass is 35.5. The lowest BCUT2D eigenvalue weighted by molar-refractivity contribution is 0.534. The van der Waals surface area contributed by atoms with E-state index < -0.39 is 0 Å². The van der Waals surface area contributed by atoms with E-state index in [1.165, 1.54) is 18.0 Å². The number of rotatable bonds is 5. The largest absolute Gasteiger partial charge is 0.354 e. The van der Waals surface area contributed by atoms with E-state index in [2.05, 4.69) is 25.5 Å². The van der Waals surface area contributed by atoms with Gasteiger partial charge in [-0.2, -0.15) is 0 Å². The first-order valence-corrected chi connectivity index (χ1v) is 7.33. The minimum Gasteiger partial charge on any atom is -0.354 e. The van der Waals surface area contributed by atoms with Crippen molar-refractivity contribution in [2.45, 2.75) is 37.0 Å². The molecule has 0 radical (unpaired) electrons. The molecule has 0 fully saturated rings. The molecule has 2 aromatic rings. The molecule has 0 aliphatic heterocycles. The summed E-state index contributed by atoms with van der Waals surface area (Å²) in [5.41, 5.74) is -0.250. The predicted octanol–water partition coefficient (Wildman–Crippen LogP) is 2.18. The van der Waals surface area contributed by atoms with Crippen molar-refractivity contribution in [2.75, 3.05) is 11.9 Å². The Morgan fingerprint density at radius 1 is 1.55 bits per heavy atom. The van der Waals surface area contributed by atoms with Gasteiger partial charge >= 0.3 is 5.69 Å². The molecule has 0 unspecified atom stereocenters. The Balaban J connectivity index is 2.34. The van der Waals surface area contributed by atoms with Crippen molar-refractivity contribution in [3.8, 4) is 0 Å². The van der Waals surface area contributed by atoms with Crippen LogP contribution < -0.4 is 11.0 Å². The van der Waals surface area contributed by atoms with Crippen LogP contribution in [0.3, 0.4) is 0 Å². The molecule has 2 aromatic heterocycles. The molecule has 0 bridgehead atoms. The van der Waals surface area contributed by atoms with Gasteiger partial charge in [0.25, 0.3) is 0 Å². The zero-order valence-electron chi connectivity index (χ0n) is 11.3. The molecule has 108 valence electrons. The molecule has 0 aliphatic rings. The summed E-state index contributed by atoms with van der Waals surface area (Å²) in [6.45, 7) is 6.49. The summed E-state index contributed by atoms with van der Waals surface area (Å²) in [4.78, 5) is 20.1. The molecule has 2 N–H and O–H groups in total. The molecular formula is C11H15ClN6OS. The van der Waals surface area contributed by atoms with Gasteiger partial charge in [0.2, 0.25) is 5.95 Å². The molecule has 0 amide bonds. The summed E-state index contributed by atoms with van der Waals surface area (Å²) in [6.07, 6.45) is 1.53. The summed E-state index contributed by atoms with van der Waals surface area (Å²) in [5, 5.41) is 10.9. The average Bonchev–Trinajstić information content (AvgIpc) is 2.75. The van der Waals surface area contributed by atoms with Crippen LogP contribution in [0.2, 0.25) is 5.02 Å². The van der Waals surface area contributed by atoms with E-state index in [9.17, 15) is 4.79 Å². The van der Waals surface area contributed by atoms with Gasteiger partial charge in [-0.25, -0.2) is 19.9 Å². The van der Waals surface area contributed by atoms with E-state index in [4.69, 9.17) is 11.6 Å². The Morgan fingerprint density at radius 3 is 2.95 bits per heavy atom. The van der Waals surface area contributed by atoms with Gasteiger partial charge in [0, 0.05) is 12.6 Å². The fourth-order valence-electron chi connectivity index (χ4n) is 1.57. The van der Waals surface area contributed by atoms with Crippen molar-refractivity contribution in [3.63, 3.8) is 0 Å². The van der Waals surface area contributed by atoms with Crippen LogP contribution in [0.1, 0.15) is 26.8 Å². The molecule has 2 rings (SSSR count). The Bertz CT molecular complexity index is 653. The normalized spacial score (nSPS) is 11.1. The quantitative estimate of drug-likeness (QED) is 0.822. The number of aromatic nitrogens is 5. The molecule has 0 atom stereocenters. The van der Waals surface area contributed by atoms with E-state index in [1.807, 2.05) is 20.8 Å². The second-order valence-corrected chi connectivity index (χ2v) is 5.62. The van der Waals surface area contributed by atoms with Crippen molar-refractivity contribution in [1.29, 1.82) is 0 Å². The highest BCUT2D eigenvalue weighted by Gasteiger charge is 2.15. The third-order valence-corrected chi connectivity index (χ3v) is 3.79. The number of nitrogens with one attached hydrogen (secondary N) is 2. The van der Waals surface area contributed by atoms with Crippen molar-refractivity contribution in [2.24, 2.45) is 0 Å². The fourth-order valence-corrected chi connectivity index (χ4v) is 2.72. The topological polar surface area (TPSA) is 88.5 Å². The molecule has 7 nitrogen and oxygen atoms in total. The summed E-state index contributed by atoms with van der Waals surface area (Å²) in [6, 6.07) is -0.00222. The van der Waals surface area contributed by atoms with Crippen LogP contribution in [0.15, 0.2) is 21.2 Å². The molecule has 0 aromatic carbocycles. The summed E-state index contributed by atoms with van der Waals surface area (Å²) >= 11 is 7.31. The third-order valence-electron chi connectivity index (χ3n) is 2.42. The lowest BCUT2D eigenvalue weighted by atomic mass is 10.4.